The van der Waals surface area contributed by atoms with Crippen molar-refractivity contribution in [3.8, 4) is 0 Å². The zero-order valence-electron chi connectivity index (χ0n) is 11.0. The van der Waals surface area contributed by atoms with Crippen molar-refractivity contribution in [2.24, 2.45) is 5.41 Å². The Kier molecular flexibility index (Phi) is 5.59. The number of hydrogen-bond donors (Lipinski definition) is 2. The summed E-state index contributed by atoms with van der Waals surface area (Å²) in [6, 6.07) is 7.46. The zero-order valence-corrected chi connectivity index (χ0v) is 13.2. The van der Waals surface area contributed by atoms with Gasteiger partial charge < -0.3 is 10.4 Å². The highest BCUT2D eigenvalue weighted by atomic mass is 127. The van der Waals surface area contributed by atoms with Crippen LogP contribution in [0.2, 0.25) is 0 Å². The third-order valence-electron chi connectivity index (χ3n) is 2.89. The van der Waals surface area contributed by atoms with E-state index >= 15 is 0 Å². The molecule has 3 nitrogen and oxygen atoms in total. The Morgan fingerprint density at radius 3 is 2.50 bits per heavy atom. The number of carbonyl (C=O) groups excluding carboxylic acids is 1. The van der Waals surface area contributed by atoms with Crippen LogP contribution in [0.3, 0.4) is 0 Å². The first-order valence-electron chi connectivity index (χ1n) is 6.02. The lowest BCUT2D eigenvalue weighted by atomic mass is 9.85. The summed E-state index contributed by atoms with van der Waals surface area (Å²) in [4.78, 5) is 12.2. The highest BCUT2D eigenvalue weighted by Gasteiger charge is 2.26. The van der Waals surface area contributed by atoms with Crippen molar-refractivity contribution in [2.75, 3.05) is 6.61 Å². The van der Waals surface area contributed by atoms with Crippen LogP contribution in [0, 0.1) is 8.99 Å². The standard InChI is InChI=1S/C14H20INO2/c1-14(2,3)12(8-9-17)16-13(18)10-6-4-5-7-11(10)15/h4-7,12,17H,8-9H2,1-3H3,(H,16,18)/t12-/m0/s1. The first-order valence-corrected chi connectivity index (χ1v) is 7.10. The van der Waals surface area contributed by atoms with Gasteiger partial charge in [0.2, 0.25) is 0 Å². The number of carbonyl (C=O) groups is 1. The van der Waals surface area contributed by atoms with Gasteiger partial charge in [0.05, 0.1) is 5.56 Å². The van der Waals surface area contributed by atoms with E-state index < -0.39 is 0 Å². The van der Waals surface area contributed by atoms with Crippen molar-refractivity contribution in [1.29, 1.82) is 0 Å². The summed E-state index contributed by atoms with van der Waals surface area (Å²) in [5, 5.41) is 12.1. The van der Waals surface area contributed by atoms with Crippen LogP contribution >= 0.6 is 22.6 Å². The molecule has 0 aliphatic rings. The SMILES string of the molecule is CC(C)(C)[C@H](CCO)NC(=O)c1ccccc1I. The summed E-state index contributed by atoms with van der Waals surface area (Å²) in [5.41, 5.74) is 0.615. The van der Waals surface area contributed by atoms with Crippen LogP contribution in [-0.4, -0.2) is 23.7 Å². The maximum Gasteiger partial charge on any atom is 0.252 e. The minimum absolute atomic E-state index is 0.0361. The normalized spacial score (nSPS) is 13.2. The van der Waals surface area contributed by atoms with Crippen molar-refractivity contribution >= 4 is 28.5 Å². The summed E-state index contributed by atoms with van der Waals surface area (Å²) in [7, 11) is 0. The quantitative estimate of drug-likeness (QED) is 0.811. The van der Waals surface area contributed by atoms with Gasteiger partial charge in [-0.15, -0.1) is 0 Å². The predicted molar refractivity (Wildman–Crippen MR) is 81.6 cm³/mol. The van der Waals surface area contributed by atoms with E-state index in [0.29, 0.717) is 12.0 Å². The van der Waals surface area contributed by atoms with Gasteiger partial charge >= 0.3 is 0 Å². The van der Waals surface area contributed by atoms with Crippen LogP contribution in [0.4, 0.5) is 0 Å². The third kappa shape index (κ3) is 4.24. The van der Waals surface area contributed by atoms with Crippen LogP contribution in [0.1, 0.15) is 37.6 Å². The number of benzene rings is 1. The molecule has 4 heteroatoms. The molecule has 0 aliphatic heterocycles. The fraction of sp³-hybridized carbons (Fsp3) is 0.500. The third-order valence-corrected chi connectivity index (χ3v) is 3.83. The summed E-state index contributed by atoms with van der Waals surface area (Å²) >= 11 is 2.15. The summed E-state index contributed by atoms with van der Waals surface area (Å²) in [6.07, 6.45) is 0.568. The fourth-order valence-corrected chi connectivity index (χ4v) is 2.36. The van der Waals surface area contributed by atoms with Crippen LogP contribution < -0.4 is 5.32 Å². The molecule has 100 valence electrons. The molecule has 0 radical (unpaired) electrons. The molecular weight excluding hydrogens is 341 g/mol. The second-order valence-corrected chi connectivity index (χ2v) is 6.55. The molecule has 0 saturated heterocycles. The number of amides is 1. The van der Waals surface area contributed by atoms with E-state index in [1.165, 1.54) is 0 Å². The predicted octanol–water partition coefficient (Wildman–Crippen LogP) is 2.82. The van der Waals surface area contributed by atoms with Crippen LogP contribution in [0.15, 0.2) is 24.3 Å². The molecule has 0 aliphatic carbocycles. The number of hydrogen-bond acceptors (Lipinski definition) is 2. The van der Waals surface area contributed by atoms with Crippen molar-refractivity contribution < 1.29 is 9.90 Å². The minimum atomic E-state index is -0.0756. The molecule has 1 amide bonds. The lowest BCUT2D eigenvalue weighted by Crippen LogP contribution is -2.44. The lowest BCUT2D eigenvalue weighted by molar-refractivity contribution is 0.0884. The van der Waals surface area contributed by atoms with Gasteiger partial charge in [0.1, 0.15) is 0 Å². The number of aliphatic hydroxyl groups excluding tert-OH is 1. The summed E-state index contributed by atoms with van der Waals surface area (Å²) in [6.45, 7) is 6.25. The first kappa shape index (κ1) is 15.4. The Labute approximate surface area is 122 Å². The Morgan fingerprint density at radius 1 is 1.39 bits per heavy atom. The monoisotopic (exact) mass is 361 g/mol. The van der Waals surface area contributed by atoms with Gasteiger partial charge in [0.25, 0.3) is 5.91 Å². The van der Waals surface area contributed by atoms with Crippen molar-refractivity contribution in [1.82, 2.24) is 5.32 Å². The zero-order chi connectivity index (χ0) is 13.8. The molecule has 0 spiro atoms. The molecule has 0 saturated carbocycles. The average molecular weight is 361 g/mol. The number of aliphatic hydroxyl groups is 1. The Balaban J connectivity index is 2.82. The highest BCUT2D eigenvalue weighted by Crippen LogP contribution is 2.22. The second kappa shape index (κ2) is 6.52. The Hall–Kier alpha value is -0.620. The van der Waals surface area contributed by atoms with Crippen LogP contribution in [0.25, 0.3) is 0 Å². The van der Waals surface area contributed by atoms with E-state index in [2.05, 4.69) is 48.7 Å². The van der Waals surface area contributed by atoms with Crippen molar-refractivity contribution in [2.45, 2.75) is 33.2 Å². The number of rotatable bonds is 4. The molecular formula is C14H20INO2. The molecule has 0 bridgehead atoms. The smallest absolute Gasteiger partial charge is 0.252 e. The van der Waals surface area contributed by atoms with Gasteiger partial charge in [-0.25, -0.2) is 0 Å². The van der Waals surface area contributed by atoms with E-state index in [1.807, 2.05) is 24.3 Å². The first-order chi connectivity index (χ1) is 8.36. The van der Waals surface area contributed by atoms with E-state index in [1.54, 1.807) is 0 Å². The minimum Gasteiger partial charge on any atom is -0.396 e. The molecule has 1 aromatic carbocycles. The largest absolute Gasteiger partial charge is 0.396 e. The van der Waals surface area contributed by atoms with Gasteiger partial charge in [-0.2, -0.15) is 0 Å². The number of halogens is 1. The van der Waals surface area contributed by atoms with Crippen molar-refractivity contribution in [3.63, 3.8) is 0 Å². The molecule has 0 heterocycles. The van der Waals surface area contributed by atoms with Gasteiger partial charge in [-0.1, -0.05) is 32.9 Å². The Morgan fingerprint density at radius 2 is 2.00 bits per heavy atom. The molecule has 1 aromatic rings. The van der Waals surface area contributed by atoms with E-state index in [0.717, 1.165) is 3.57 Å². The maximum atomic E-state index is 12.2. The molecule has 18 heavy (non-hydrogen) atoms. The van der Waals surface area contributed by atoms with Gasteiger partial charge in [-0.05, 0) is 46.6 Å². The van der Waals surface area contributed by atoms with Crippen LogP contribution in [-0.2, 0) is 0 Å². The van der Waals surface area contributed by atoms with E-state index in [9.17, 15) is 4.79 Å². The summed E-state index contributed by atoms with van der Waals surface area (Å²) < 4.78 is 0.934. The van der Waals surface area contributed by atoms with Gasteiger partial charge in [0.15, 0.2) is 0 Å². The van der Waals surface area contributed by atoms with Gasteiger partial charge in [0, 0.05) is 16.2 Å². The average Bonchev–Trinajstić information content (AvgIpc) is 2.27. The maximum absolute atomic E-state index is 12.2. The molecule has 1 rings (SSSR count). The summed E-state index contributed by atoms with van der Waals surface area (Å²) in [5.74, 6) is -0.0756. The lowest BCUT2D eigenvalue weighted by Gasteiger charge is -2.31. The van der Waals surface area contributed by atoms with Crippen molar-refractivity contribution in [3.05, 3.63) is 33.4 Å². The highest BCUT2D eigenvalue weighted by molar-refractivity contribution is 14.1. The molecule has 0 fully saturated rings. The molecule has 0 aromatic heterocycles. The molecule has 1 atom stereocenters. The van der Waals surface area contributed by atoms with E-state index in [4.69, 9.17) is 5.11 Å². The Bertz CT molecular complexity index is 413. The molecule has 0 unspecified atom stereocenters. The van der Waals surface area contributed by atoms with Gasteiger partial charge in [-0.3, -0.25) is 4.79 Å². The second-order valence-electron chi connectivity index (χ2n) is 5.38. The fourth-order valence-electron chi connectivity index (χ4n) is 1.73. The molecule has 2 N–H and O–H groups in total. The number of nitrogens with one attached hydrogen (secondary N) is 1. The van der Waals surface area contributed by atoms with E-state index in [-0.39, 0.29) is 24.0 Å². The topological polar surface area (TPSA) is 49.3 Å². The van der Waals surface area contributed by atoms with Crippen LogP contribution in [0.5, 0.6) is 0 Å².